The Morgan fingerprint density at radius 3 is 1.65 bits per heavy atom. The second kappa shape index (κ2) is 39.0. The number of carbonyl (C=O) groups excluding carboxylic acids is 1. The van der Waals surface area contributed by atoms with Crippen LogP contribution < -0.4 is 0 Å². The van der Waals surface area contributed by atoms with Crippen LogP contribution in [0.3, 0.4) is 0 Å². The molecule has 0 aliphatic carbocycles. The van der Waals surface area contributed by atoms with E-state index in [1.807, 2.05) is 6.08 Å². The lowest BCUT2D eigenvalue weighted by Gasteiger charge is -2.20. The summed E-state index contributed by atoms with van der Waals surface area (Å²) in [6, 6.07) is 0. The number of carbonyl (C=O) groups is 1. The quantitative estimate of drug-likeness (QED) is 0.0184. The van der Waals surface area contributed by atoms with Gasteiger partial charge in [-0.05, 0) is 57.4 Å². The van der Waals surface area contributed by atoms with Crippen molar-refractivity contribution < 1.29 is 43.0 Å². The maximum atomic E-state index is 12.6. The molecule has 0 aromatic heterocycles. The molecular weight excluding hydrogens is 679 g/mol. The van der Waals surface area contributed by atoms with Gasteiger partial charge < -0.3 is 24.6 Å². The molecule has 10 heteroatoms. The van der Waals surface area contributed by atoms with Crippen LogP contribution in [0.2, 0.25) is 0 Å². The monoisotopic (exact) mass is 757 g/mol. The number of unbranched alkanes of at least 4 members (excludes halogenated alkanes) is 19. The normalized spacial score (nSPS) is 14.6. The van der Waals surface area contributed by atoms with Crippen LogP contribution in [-0.4, -0.2) is 59.7 Å². The van der Waals surface area contributed by atoms with Crippen molar-refractivity contribution in [2.24, 2.45) is 0 Å². The highest BCUT2D eigenvalue weighted by atomic mass is 31.2. The topological polar surface area (TPSA) is 132 Å². The molecule has 3 atom stereocenters. The van der Waals surface area contributed by atoms with Crippen molar-refractivity contribution in [3.05, 3.63) is 48.8 Å². The molecule has 0 aromatic carbocycles. The average Bonchev–Trinajstić information content (AvgIpc) is 3.13. The fourth-order valence-corrected chi connectivity index (χ4v) is 6.24. The van der Waals surface area contributed by atoms with E-state index in [0.29, 0.717) is 6.42 Å². The molecule has 1 unspecified atom stereocenters. The van der Waals surface area contributed by atoms with Gasteiger partial charge in [-0.1, -0.05) is 153 Å². The first-order valence-corrected chi connectivity index (χ1v) is 22.2. The summed E-state index contributed by atoms with van der Waals surface area (Å²) in [7, 11) is -4.54. The molecule has 0 bridgehead atoms. The second-order valence-electron chi connectivity index (χ2n) is 13.7. The number of esters is 1. The molecule has 0 spiro atoms. The molecule has 0 aliphatic heterocycles. The van der Waals surface area contributed by atoms with Crippen LogP contribution in [0.1, 0.15) is 174 Å². The summed E-state index contributed by atoms with van der Waals surface area (Å²) in [6.45, 7) is 2.75. The highest BCUT2D eigenvalue weighted by Gasteiger charge is 2.26. The zero-order valence-corrected chi connectivity index (χ0v) is 33.9. The summed E-state index contributed by atoms with van der Waals surface area (Å²) in [5, 5.41) is 18.3. The second-order valence-corrected chi connectivity index (χ2v) is 15.2. The molecule has 0 saturated heterocycles. The maximum Gasteiger partial charge on any atom is 0.472 e. The number of rotatable bonds is 39. The Hall–Kier alpha value is -1.74. The van der Waals surface area contributed by atoms with E-state index < -0.39 is 45.8 Å². The predicted octanol–water partition coefficient (Wildman–Crippen LogP) is 11.4. The molecule has 0 rings (SSSR count). The summed E-state index contributed by atoms with van der Waals surface area (Å²) in [5.74, 6) is -0.422. The number of phosphoric ester groups is 1. The zero-order chi connectivity index (χ0) is 38.2. The zero-order valence-electron chi connectivity index (χ0n) is 33.0. The number of aliphatic hydroxyl groups excluding tert-OH is 2. The van der Waals surface area contributed by atoms with Crippen molar-refractivity contribution in [2.75, 3.05) is 26.4 Å². The minimum absolute atomic E-state index is 0.0422. The van der Waals surface area contributed by atoms with Gasteiger partial charge in [-0.3, -0.25) is 13.8 Å². The van der Waals surface area contributed by atoms with E-state index >= 15 is 0 Å². The van der Waals surface area contributed by atoms with Crippen molar-refractivity contribution in [3.8, 4) is 0 Å². The van der Waals surface area contributed by atoms with Crippen molar-refractivity contribution >= 4 is 13.8 Å². The van der Waals surface area contributed by atoms with Gasteiger partial charge >= 0.3 is 13.8 Å². The largest absolute Gasteiger partial charge is 0.498 e. The fourth-order valence-electron chi connectivity index (χ4n) is 5.45. The standard InChI is InChI=1S/C42H77O9P/c1-3-5-7-9-11-13-15-17-19-21-23-25-27-29-31-33-35-48-38-41(39-50-52(46,47)49-37-40(44)36-43)51-42(45)34-32-30-28-26-24-22-20-18-16-14-12-10-8-6-4-2/h6,8,12,14,18,20,33,35,40-41,43-44H,3-5,7,9-11,13,15-17,19,21-32,34,36-39H2,1-2H3,(H,46,47)/b8-6-,14-12-,20-18-,35-33-/t40-,41+/m0/s1. The van der Waals surface area contributed by atoms with E-state index in [0.717, 1.165) is 64.2 Å². The Morgan fingerprint density at radius 1 is 0.615 bits per heavy atom. The van der Waals surface area contributed by atoms with Gasteiger partial charge in [0.05, 0.1) is 26.1 Å². The van der Waals surface area contributed by atoms with Crippen molar-refractivity contribution in [1.29, 1.82) is 0 Å². The first-order valence-electron chi connectivity index (χ1n) is 20.7. The van der Waals surface area contributed by atoms with E-state index in [1.165, 1.54) is 83.5 Å². The fraction of sp³-hybridized carbons (Fsp3) is 0.786. The van der Waals surface area contributed by atoms with Crippen molar-refractivity contribution in [2.45, 2.75) is 187 Å². The van der Waals surface area contributed by atoms with Crippen LogP contribution >= 0.6 is 7.82 Å². The minimum atomic E-state index is -4.54. The smallest absolute Gasteiger partial charge is 0.472 e. The molecule has 0 aromatic rings. The molecule has 52 heavy (non-hydrogen) atoms. The van der Waals surface area contributed by atoms with Crippen LogP contribution in [0.15, 0.2) is 48.8 Å². The van der Waals surface area contributed by atoms with E-state index in [9.17, 15) is 19.4 Å². The van der Waals surface area contributed by atoms with Gasteiger partial charge in [0.2, 0.25) is 0 Å². The van der Waals surface area contributed by atoms with Gasteiger partial charge in [0.1, 0.15) is 12.7 Å². The molecule has 0 amide bonds. The third kappa shape index (κ3) is 38.0. The van der Waals surface area contributed by atoms with Crippen LogP contribution in [0.4, 0.5) is 0 Å². The first kappa shape index (κ1) is 50.3. The number of phosphoric acid groups is 1. The number of ether oxygens (including phenoxy) is 2. The lowest BCUT2D eigenvalue weighted by Crippen LogP contribution is -2.28. The van der Waals surface area contributed by atoms with Gasteiger partial charge in [-0.15, -0.1) is 0 Å². The first-order chi connectivity index (χ1) is 25.3. The Bertz CT molecular complexity index is 950. The number of hydrogen-bond donors (Lipinski definition) is 3. The molecule has 3 N–H and O–H groups in total. The summed E-state index contributed by atoms with van der Waals surface area (Å²) >= 11 is 0. The van der Waals surface area contributed by atoms with Crippen molar-refractivity contribution in [1.82, 2.24) is 0 Å². The molecule has 304 valence electrons. The van der Waals surface area contributed by atoms with E-state index in [1.54, 1.807) is 6.26 Å². The summed E-state index contributed by atoms with van der Waals surface area (Å²) in [5.41, 5.74) is 0. The molecule has 0 radical (unpaired) electrons. The predicted molar refractivity (Wildman–Crippen MR) is 214 cm³/mol. The molecule has 0 aliphatic rings. The van der Waals surface area contributed by atoms with Gasteiger partial charge in [0, 0.05) is 6.42 Å². The van der Waals surface area contributed by atoms with E-state index in [4.69, 9.17) is 23.6 Å². The lowest BCUT2D eigenvalue weighted by molar-refractivity contribution is -0.153. The SMILES string of the molecule is CC/C=C\C/C=C\C/C=C\CCCCCCCC(=O)O[C@H](CO/C=C\CCCCCCCCCCCCCCCC)COP(=O)(O)OC[C@@H](O)CO. The van der Waals surface area contributed by atoms with Gasteiger partial charge in [-0.2, -0.15) is 0 Å². The lowest BCUT2D eigenvalue weighted by atomic mass is 10.0. The maximum absolute atomic E-state index is 12.6. The van der Waals surface area contributed by atoms with Crippen LogP contribution in [0.25, 0.3) is 0 Å². The number of hydrogen-bond acceptors (Lipinski definition) is 8. The molecule has 0 saturated carbocycles. The summed E-state index contributed by atoms with van der Waals surface area (Å²) in [4.78, 5) is 22.5. The van der Waals surface area contributed by atoms with Gasteiger partial charge in [0.25, 0.3) is 0 Å². The Kier molecular flexibility index (Phi) is 37.7. The van der Waals surface area contributed by atoms with Crippen LogP contribution in [0, 0.1) is 0 Å². The van der Waals surface area contributed by atoms with Gasteiger partial charge in [0.15, 0.2) is 6.10 Å². The third-order valence-corrected chi connectivity index (χ3v) is 9.54. The minimum Gasteiger partial charge on any atom is -0.498 e. The summed E-state index contributed by atoms with van der Waals surface area (Å²) < 4.78 is 33.1. The Balaban J connectivity index is 4.27. The van der Waals surface area contributed by atoms with Crippen molar-refractivity contribution in [3.63, 3.8) is 0 Å². The van der Waals surface area contributed by atoms with Crippen LogP contribution in [-0.2, 0) is 27.9 Å². The third-order valence-electron chi connectivity index (χ3n) is 8.59. The molecular formula is C42H77O9P. The average molecular weight is 757 g/mol. The molecule has 0 heterocycles. The van der Waals surface area contributed by atoms with E-state index in [2.05, 4.69) is 50.3 Å². The van der Waals surface area contributed by atoms with E-state index in [-0.39, 0.29) is 13.0 Å². The molecule has 9 nitrogen and oxygen atoms in total. The number of allylic oxidation sites excluding steroid dienone is 7. The van der Waals surface area contributed by atoms with Gasteiger partial charge in [-0.25, -0.2) is 4.57 Å². The highest BCUT2D eigenvalue weighted by Crippen LogP contribution is 2.43. The summed E-state index contributed by atoms with van der Waals surface area (Å²) in [6.07, 6.45) is 43.0. The highest BCUT2D eigenvalue weighted by molar-refractivity contribution is 7.47. The Labute approximate surface area is 317 Å². The molecule has 0 fully saturated rings. The Morgan fingerprint density at radius 2 is 1.10 bits per heavy atom. The number of aliphatic hydroxyl groups is 2. The van der Waals surface area contributed by atoms with Crippen LogP contribution in [0.5, 0.6) is 0 Å².